The molecule has 0 aromatic heterocycles. The Bertz CT molecular complexity index is 693. The van der Waals surface area contributed by atoms with Gasteiger partial charge < -0.3 is 4.55 Å². The maximum atomic E-state index is 11.5. The molecule has 0 bridgehead atoms. The number of benzene rings is 2. The first-order valence-corrected chi connectivity index (χ1v) is 7.39. The van der Waals surface area contributed by atoms with E-state index in [4.69, 9.17) is 0 Å². The van der Waals surface area contributed by atoms with Crippen LogP contribution in [0.5, 0.6) is 0 Å². The Labute approximate surface area is 156 Å². The predicted molar refractivity (Wildman–Crippen MR) is 70.7 cm³/mol. The number of fused-ring (bicyclic) bond motifs is 1. The van der Waals surface area contributed by atoms with Gasteiger partial charge in [0.1, 0.15) is 10.1 Å². The van der Waals surface area contributed by atoms with Gasteiger partial charge in [-0.15, -0.1) is 0 Å². The molecule has 0 aliphatic carbocycles. The zero-order chi connectivity index (χ0) is 13.3. The van der Waals surface area contributed by atoms with Crippen LogP contribution in [0.15, 0.2) is 35.2 Å². The minimum absolute atomic E-state index is 0. The van der Waals surface area contributed by atoms with Gasteiger partial charge >= 0.3 is 51.4 Å². The van der Waals surface area contributed by atoms with Crippen LogP contribution in [0.2, 0.25) is 0 Å². The Morgan fingerprint density at radius 2 is 1.58 bits per heavy atom. The van der Waals surface area contributed by atoms with E-state index in [0.717, 1.165) is 17.4 Å². The van der Waals surface area contributed by atoms with E-state index >= 15 is 0 Å². The molecule has 0 N–H and O–H groups in total. The summed E-state index contributed by atoms with van der Waals surface area (Å²) in [5.41, 5.74) is 1.64. The SMILES string of the molecule is CCc1ccc2c(CC)cccc2c1S(=O)(=O)[O-].[K+]. The molecular formula is C14H15KO3S. The molecule has 3 nitrogen and oxygen atoms in total. The predicted octanol–water partition coefficient (Wildman–Crippen LogP) is -0.127. The van der Waals surface area contributed by atoms with Crippen LogP contribution in [0.1, 0.15) is 25.0 Å². The molecule has 2 aromatic rings. The normalized spacial score (nSPS) is 11.3. The fraction of sp³-hybridized carbons (Fsp3) is 0.286. The number of hydrogen-bond acceptors (Lipinski definition) is 3. The van der Waals surface area contributed by atoms with Crippen LogP contribution in [-0.2, 0) is 23.0 Å². The van der Waals surface area contributed by atoms with E-state index in [1.807, 2.05) is 26.0 Å². The number of rotatable bonds is 3. The molecule has 2 aromatic carbocycles. The largest absolute Gasteiger partial charge is 1.00 e. The minimum Gasteiger partial charge on any atom is -0.744 e. The van der Waals surface area contributed by atoms with Crippen molar-refractivity contribution in [2.75, 3.05) is 0 Å². The topological polar surface area (TPSA) is 57.2 Å². The summed E-state index contributed by atoms with van der Waals surface area (Å²) < 4.78 is 34.4. The molecule has 0 radical (unpaired) electrons. The van der Waals surface area contributed by atoms with Crippen molar-refractivity contribution in [2.24, 2.45) is 0 Å². The van der Waals surface area contributed by atoms with E-state index in [1.54, 1.807) is 18.2 Å². The van der Waals surface area contributed by atoms with Crippen molar-refractivity contribution in [2.45, 2.75) is 31.6 Å². The Morgan fingerprint density at radius 1 is 0.947 bits per heavy atom. The Morgan fingerprint density at radius 3 is 2.11 bits per heavy atom. The maximum absolute atomic E-state index is 11.5. The van der Waals surface area contributed by atoms with Crippen LogP contribution in [0.25, 0.3) is 10.8 Å². The molecule has 19 heavy (non-hydrogen) atoms. The first kappa shape index (κ1) is 17.3. The first-order valence-electron chi connectivity index (χ1n) is 5.98. The number of aryl methyl sites for hydroxylation is 2. The molecule has 0 fully saturated rings. The molecule has 0 atom stereocenters. The molecule has 5 heteroatoms. The zero-order valence-corrected chi connectivity index (χ0v) is 15.4. The van der Waals surface area contributed by atoms with Crippen LogP contribution in [0, 0.1) is 0 Å². The summed E-state index contributed by atoms with van der Waals surface area (Å²) in [5, 5.41) is 1.40. The van der Waals surface area contributed by atoms with Crippen molar-refractivity contribution in [3.8, 4) is 0 Å². The van der Waals surface area contributed by atoms with Gasteiger partial charge in [0.2, 0.25) is 0 Å². The Kier molecular flexibility index (Phi) is 6.19. The van der Waals surface area contributed by atoms with Gasteiger partial charge in [0.15, 0.2) is 0 Å². The summed E-state index contributed by atoms with van der Waals surface area (Å²) in [4.78, 5) is -0.0576. The third-order valence-corrected chi connectivity index (χ3v) is 4.18. The summed E-state index contributed by atoms with van der Waals surface area (Å²) >= 11 is 0. The quantitative estimate of drug-likeness (QED) is 0.586. The van der Waals surface area contributed by atoms with Crippen LogP contribution in [0.4, 0.5) is 0 Å². The van der Waals surface area contributed by atoms with Crippen LogP contribution in [-0.4, -0.2) is 13.0 Å². The van der Waals surface area contributed by atoms with Gasteiger partial charge in [0, 0.05) is 0 Å². The van der Waals surface area contributed by atoms with Crippen LogP contribution < -0.4 is 51.4 Å². The molecule has 96 valence electrons. The van der Waals surface area contributed by atoms with E-state index in [1.165, 1.54) is 0 Å². The average Bonchev–Trinajstić information content (AvgIpc) is 2.35. The van der Waals surface area contributed by atoms with Crippen LogP contribution in [0.3, 0.4) is 0 Å². The number of hydrogen-bond donors (Lipinski definition) is 0. The average molecular weight is 302 g/mol. The maximum Gasteiger partial charge on any atom is 1.00 e. The second kappa shape index (κ2) is 6.80. The summed E-state index contributed by atoms with van der Waals surface area (Å²) in [6.45, 7) is 3.85. The smallest absolute Gasteiger partial charge is 0.744 e. The zero-order valence-electron chi connectivity index (χ0n) is 11.4. The van der Waals surface area contributed by atoms with E-state index < -0.39 is 10.1 Å². The molecule has 0 saturated heterocycles. The van der Waals surface area contributed by atoms with Gasteiger partial charge in [0.25, 0.3) is 0 Å². The molecule has 2 rings (SSSR count). The van der Waals surface area contributed by atoms with Crippen LogP contribution >= 0.6 is 0 Å². The van der Waals surface area contributed by atoms with Gasteiger partial charge in [-0.05, 0) is 34.7 Å². The van der Waals surface area contributed by atoms with Crippen molar-refractivity contribution >= 4 is 20.9 Å². The molecular weight excluding hydrogens is 287 g/mol. The van der Waals surface area contributed by atoms with Crippen molar-refractivity contribution in [1.29, 1.82) is 0 Å². The monoisotopic (exact) mass is 302 g/mol. The van der Waals surface area contributed by atoms with E-state index in [0.29, 0.717) is 17.4 Å². The second-order valence-corrected chi connectivity index (χ2v) is 5.54. The fourth-order valence-corrected chi connectivity index (χ4v) is 3.30. The van der Waals surface area contributed by atoms with Crippen molar-refractivity contribution in [1.82, 2.24) is 0 Å². The van der Waals surface area contributed by atoms with Gasteiger partial charge in [0.05, 0.1) is 4.90 Å². The molecule has 0 saturated carbocycles. The van der Waals surface area contributed by atoms with Gasteiger partial charge in [-0.2, -0.15) is 0 Å². The molecule has 0 amide bonds. The van der Waals surface area contributed by atoms with Gasteiger partial charge in [-0.25, -0.2) is 8.42 Å². The minimum atomic E-state index is -4.45. The summed E-state index contributed by atoms with van der Waals surface area (Å²) in [5.74, 6) is 0. The second-order valence-electron chi connectivity index (χ2n) is 4.23. The van der Waals surface area contributed by atoms with E-state index in [-0.39, 0.29) is 56.3 Å². The van der Waals surface area contributed by atoms with E-state index in [2.05, 4.69) is 0 Å². The summed E-state index contributed by atoms with van der Waals surface area (Å²) in [7, 11) is -4.45. The third-order valence-electron chi connectivity index (χ3n) is 3.20. The van der Waals surface area contributed by atoms with Gasteiger partial charge in [-0.1, -0.05) is 44.2 Å². The van der Waals surface area contributed by atoms with Crippen molar-refractivity contribution in [3.63, 3.8) is 0 Å². The molecule has 0 heterocycles. The third kappa shape index (κ3) is 3.47. The summed E-state index contributed by atoms with van der Waals surface area (Å²) in [6, 6.07) is 9.11. The van der Waals surface area contributed by atoms with Crippen molar-refractivity contribution < 1.29 is 64.4 Å². The molecule has 0 unspecified atom stereocenters. The molecule has 0 aliphatic rings. The summed E-state index contributed by atoms with van der Waals surface area (Å²) in [6.07, 6.45) is 1.34. The first-order chi connectivity index (χ1) is 8.49. The van der Waals surface area contributed by atoms with Gasteiger partial charge in [-0.3, -0.25) is 0 Å². The molecule has 0 spiro atoms. The standard InChI is InChI=1S/C14H16O3S.K/c1-3-10-6-5-7-13-12(10)9-8-11(4-2)14(13)18(15,16)17;/h5-9H,3-4H2,1-2H3,(H,15,16,17);/q;+1/p-1. The Balaban J connectivity index is 0.00000180. The van der Waals surface area contributed by atoms with Crippen molar-refractivity contribution in [3.05, 3.63) is 41.5 Å². The Hall–Kier alpha value is 0.246. The van der Waals surface area contributed by atoms with E-state index in [9.17, 15) is 13.0 Å². The fourth-order valence-electron chi connectivity index (χ4n) is 2.32. The molecule has 0 aliphatic heterocycles.